The number of rotatable bonds is 4. The van der Waals surface area contributed by atoms with Gasteiger partial charge in [0.15, 0.2) is 0 Å². The van der Waals surface area contributed by atoms with E-state index in [1.165, 1.54) is 6.42 Å². The summed E-state index contributed by atoms with van der Waals surface area (Å²) in [4.78, 5) is 0. The highest BCUT2D eigenvalue weighted by atomic mass is 16.5. The van der Waals surface area contributed by atoms with Crippen molar-refractivity contribution in [2.75, 3.05) is 13.2 Å². The molecule has 1 aromatic rings. The zero-order valence-electron chi connectivity index (χ0n) is 7.65. The molecule has 0 saturated heterocycles. The van der Waals surface area contributed by atoms with Gasteiger partial charge in [0.1, 0.15) is 5.75 Å². The van der Waals surface area contributed by atoms with Gasteiger partial charge < -0.3 is 10.5 Å². The van der Waals surface area contributed by atoms with Crippen LogP contribution in [0.5, 0.6) is 5.75 Å². The topological polar surface area (TPSA) is 35.2 Å². The first-order valence-corrected chi connectivity index (χ1v) is 4.78. The Balaban J connectivity index is 1.75. The van der Waals surface area contributed by atoms with Crippen molar-refractivity contribution in [2.45, 2.75) is 6.42 Å². The van der Waals surface area contributed by atoms with Crippen LogP contribution in [0.3, 0.4) is 0 Å². The molecule has 2 heteroatoms. The van der Waals surface area contributed by atoms with Crippen LogP contribution in [-0.2, 0) is 0 Å². The maximum absolute atomic E-state index is 5.61. The van der Waals surface area contributed by atoms with E-state index < -0.39 is 0 Å². The highest BCUT2D eigenvalue weighted by Crippen LogP contribution is 2.37. The third-order valence-corrected chi connectivity index (χ3v) is 2.58. The van der Waals surface area contributed by atoms with Gasteiger partial charge in [-0.3, -0.25) is 0 Å². The second-order valence-corrected chi connectivity index (χ2v) is 3.62. The Morgan fingerprint density at radius 1 is 1.23 bits per heavy atom. The number of hydrogen-bond acceptors (Lipinski definition) is 2. The fraction of sp³-hybridized carbons (Fsp3) is 0.455. The van der Waals surface area contributed by atoms with Crippen LogP contribution in [0, 0.1) is 11.8 Å². The molecule has 0 bridgehead atoms. The molecule has 2 N–H and O–H groups in total. The van der Waals surface area contributed by atoms with E-state index in [4.69, 9.17) is 10.5 Å². The fourth-order valence-electron chi connectivity index (χ4n) is 1.52. The largest absolute Gasteiger partial charge is 0.493 e. The van der Waals surface area contributed by atoms with Crippen molar-refractivity contribution in [3.8, 4) is 5.75 Å². The van der Waals surface area contributed by atoms with Crippen LogP contribution in [-0.4, -0.2) is 13.2 Å². The van der Waals surface area contributed by atoms with E-state index in [2.05, 4.69) is 0 Å². The number of ether oxygens (including phenoxy) is 1. The molecular weight excluding hydrogens is 162 g/mol. The molecule has 1 aromatic carbocycles. The predicted molar refractivity (Wildman–Crippen MR) is 52.6 cm³/mol. The monoisotopic (exact) mass is 177 g/mol. The van der Waals surface area contributed by atoms with Crippen LogP contribution in [0.1, 0.15) is 6.42 Å². The van der Waals surface area contributed by atoms with Crippen molar-refractivity contribution < 1.29 is 4.74 Å². The molecule has 2 rings (SSSR count). The molecule has 0 aromatic heterocycles. The molecule has 1 aliphatic carbocycles. The van der Waals surface area contributed by atoms with Crippen LogP contribution >= 0.6 is 0 Å². The maximum Gasteiger partial charge on any atom is 0.119 e. The van der Waals surface area contributed by atoms with Gasteiger partial charge in [-0.15, -0.1) is 0 Å². The lowest BCUT2D eigenvalue weighted by molar-refractivity contribution is 0.292. The van der Waals surface area contributed by atoms with Crippen molar-refractivity contribution >= 4 is 0 Å². The highest BCUT2D eigenvalue weighted by Gasteiger charge is 2.36. The summed E-state index contributed by atoms with van der Waals surface area (Å²) in [6.45, 7) is 1.63. The van der Waals surface area contributed by atoms with Gasteiger partial charge in [-0.1, -0.05) is 18.2 Å². The second kappa shape index (κ2) is 3.79. The van der Waals surface area contributed by atoms with Gasteiger partial charge >= 0.3 is 0 Å². The number of para-hydroxylation sites is 1. The van der Waals surface area contributed by atoms with Gasteiger partial charge in [0.05, 0.1) is 6.61 Å². The standard InChI is InChI=1S/C11H15NO/c12-7-9-6-10(9)8-13-11-4-2-1-3-5-11/h1-5,9-10H,6-8,12H2. The molecule has 70 valence electrons. The van der Waals surface area contributed by atoms with Crippen molar-refractivity contribution in [1.29, 1.82) is 0 Å². The van der Waals surface area contributed by atoms with E-state index in [1.54, 1.807) is 0 Å². The molecule has 0 spiro atoms. The quantitative estimate of drug-likeness (QED) is 0.759. The average molecular weight is 177 g/mol. The van der Waals surface area contributed by atoms with E-state index >= 15 is 0 Å². The van der Waals surface area contributed by atoms with Gasteiger partial charge in [-0.25, -0.2) is 0 Å². The van der Waals surface area contributed by atoms with E-state index in [0.717, 1.165) is 18.9 Å². The van der Waals surface area contributed by atoms with Gasteiger partial charge in [0.25, 0.3) is 0 Å². The molecule has 0 amide bonds. The van der Waals surface area contributed by atoms with Gasteiger partial charge in [0.2, 0.25) is 0 Å². The van der Waals surface area contributed by atoms with E-state index in [0.29, 0.717) is 11.8 Å². The maximum atomic E-state index is 5.61. The van der Waals surface area contributed by atoms with Crippen molar-refractivity contribution in [3.05, 3.63) is 30.3 Å². The first kappa shape index (κ1) is 8.57. The normalized spacial score (nSPS) is 25.6. The third kappa shape index (κ3) is 2.22. The van der Waals surface area contributed by atoms with Crippen molar-refractivity contribution in [3.63, 3.8) is 0 Å². The SMILES string of the molecule is NCC1CC1COc1ccccc1. The van der Waals surface area contributed by atoms with E-state index in [9.17, 15) is 0 Å². The first-order valence-electron chi connectivity index (χ1n) is 4.78. The van der Waals surface area contributed by atoms with Gasteiger partial charge in [0, 0.05) is 0 Å². The van der Waals surface area contributed by atoms with Gasteiger partial charge in [-0.2, -0.15) is 0 Å². The Labute approximate surface area is 78.7 Å². The highest BCUT2D eigenvalue weighted by molar-refractivity contribution is 5.21. The molecule has 1 saturated carbocycles. The summed E-state index contributed by atoms with van der Waals surface area (Å²) < 4.78 is 5.61. The number of benzene rings is 1. The summed E-state index contributed by atoms with van der Waals surface area (Å²) in [5.74, 6) is 2.37. The lowest BCUT2D eigenvalue weighted by atomic mass is 10.3. The average Bonchev–Trinajstić information content (AvgIpc) is 2.95. The minimum absolute atomic E-state index is 0.699. The summed E-state index contributed by atoms with van der Waals surface area (Å²) in [6.07, 6.45) is 1.24. The Morgan fingerprint density at radius 2 is 2.00 bits per heavy atom. The molecule has 1 fully saturated rings. The molecular formula is C11H15NO. The fourth-order valence-corrected chi connectivity index (χ4v) is 1.52. The Kier molecular flexibility index (Phi) is 2.50. The van der Waals surface area contributed by atoms with Crippen molar-refractivity contribution in [2.24, 2.45) is 17.6 Å². The Bertz CT molecular complexity index is 260. The molecule has 0 heterocycles. The van der Waals surface area contributed by atoms with E-state index in [1.807, 2.05) is 30.3 Å². The lowest BCUT2D eigenvalue weighted by Crippen LogP contribution is -2.07. The Morgan fingerprint density at radius 3 is 2.62 bits per heavy atom. The zero-order valence-corrected chi connectivity index (χ0v) is 7.65. The van der Waals surface area contributed by atoms with Crippen LogP contribution < -0.4 is 10.5 Å². The summed E-state index contributed by atoms with van der Waals surface area (Å²) in [7, 11) is 0. The molecule has 0 radical (unpaired) electrons. The van der Waals surface area contributed by atoms with Crippen LogP contribution in [0.2, 0.25) is 0 Å². The summed E-state index contributed by atoms with van der Waals surface area (Å²) in [6, 6.07) is 9.94. The van der Waals surface area contributed by atoms with Crippen LogP contribution in [0.15, 0.2) is 30.3 Å². The number of hydrogen-bond donors (Lipinski definition) is 1. The van der Waals surface area contributed by atoms with Crippen LogP contribution in [0.25, 0.3) is 0 Å². The molecule has 2 atom stereocenters. The Hall–Kier alpha value is -1.02. The summed E-state index contributed by atoms with van der Waals surface area (Å²) >= 11 is 0. The molecule has 1 aliphatic rings. The predicted octanol–water partition coefficient (Wildman–Crippen LogP) is 1.66. The lowest BCUT2D eigenvalue weighted by Gasteiger charge is -2.04. The van der Waals surface area contributed by atoms with Crippen LogP contribution in [0.4, 0.5) is 0 Å². The molecule has 0 aliphatic heterocycles. The zero-order chi connectivity index (χ0) is 9.10. The molecule has 2 unspecified atom stereocenters. The summed E-state index contributed by atoms with van der Waals surface area (Å²) in [5, 5.41) is 0. The van der Waals surface area contributed by atoms with Gasteiger partial charge in [-0.05, 0) is 36.9 Å². The third-order valence-electron chi connectivity index (χ3n) is 2.58. The summed E-state index contributed by atoms with van der Waals surface area (Å²) in [5.41, 5.74) is 5.54. The van der Waals surface area contributed by atoms with Crippen molar-refractivity contribution in [1.82, 2.24) is 0 Å². The molecule has 2 nitrogen and oxygen atoms in total. The minimum atomic E-state index is 0.699. The minimum Gasteiger partial charge on any atom is -0.493 e. The molecule has 13 heavy (non-hydrogen) atoms. The second-order valence-electron chi connectivity index (χ2n) is 3.62. The number of nitrogens with two attached hydrogens (primary N) is 1. The van der Waals surface area contributed by atoms with E-state index in [-0.39, 0.29) is 0 Å². The smallest absolute Gasteiger partial charge is 0.119 e. The first-order chi connectivity index (χ1) is 6.40.